The maximum Gasteiger partial charge on any atom is 0.272 e. The van der Waals surface area contributed by atoms with Crippen LogP contribution in [0.1, 0.15) is 15.9 Å². The first-order valence-corrected chi connectivity index (χ1v) is 5.89. The predicted molar refractivity (Wildman–Crippen MR) is 71.2 cm³/mol. The van der Waals surface area contributed by atoms with E-state index >= 15 is 0 Å². The van der Waals surface area contributed by atoms with Crippen molar-refractivity contribution in [1.29, 1.82) is 0 Å². The van der Waals surface area contributed by atoms with Crippen molar-refractivity contribution in [1.82, 2.24) is 15.4 Å². The molecule has 0 saturated carbocycles. The van der Waals surface area contributed by atoms with E-state index in [1.54, 1.807) is 30.7 Å². The first kappa shape index (κ1) is 12.4. The van der Waals surface area contributed by atoms with Crippen LogP contribution in [0, 0.1) is 0 Å². The Morgan fingerprint density at radius 1 is 1.33 bits per heavy atom. The van der Waals surface area contributed by atoms with E-state index in [-0.39, 0.29) is 5.91 Å². The molecule has 0 unspecified atom stereocenters. The van der Waals surface area contributed by atoms with Crippen LogP contribution in [-0.4, -0.2) is 22.1 Å². The minimum absolute atomic E-state index is 0.316. The Kier molecular flexibility index (Phi) is 4.14. The third-order valence-corrected chi connectivity index (χ3v) is 2.46. The van der Waals surface area contributed by atoms with Crippen LogP contribution in [0.25, 0.3) is 0 Å². The van der Waals surface area contributed by atoms with Crippen molar-refractivity contribution in [2.45, 2.75) is 0 Å². The lowest BCUT2D eigenvalue weighted by atomic mass is 10.3. The highest BCUT2D eigenvalue weighted by Gasteiger charge is 2.04. The Balaban J connectivity index is 1.99. The van der Waals surface area contributed by atoms with Gasteiger partial charge in [-0.25, -0.2) is 5.43 Å². The average molecular weight is 305 g/mol. The molecule has 90 valence electrons. The molecule has 1 amide bonds. The molecule has 2 aromatic heterocycles. The first-order chi connectivity index (χ1) is 8.75. The number of aromatic nitrogens is 2. The summed E-state index contributed by atoms with van der Waals surface area (Å²) in [5, 5.41) is 3.84. The molecule has 0 saturated heterocycles. The molecule has 0 aromatic carbocycles. The zero-order chi connectivity index (χ0) is 12.8. The monoisotopic (exact) mass is 304 g/mol. The summed E-state index contributed by atoms with van der Waals surface area (Å²) >= 11 is 3.25. The van der Waals surface area contributed by atoms with Crippen molar-refractivity contribution in [2.24, 2.45) is 5.10 Å². The fraction of sp³-hybridized carbons (Fsp3) is 0. The molecule has 2 aromatic rings. The van der Waals surface area contributed by atoms with Crippen LogP contribution in [0.3, 0.4) is 0 Å². The van der Waals surface area contributed by atoms with Crippen LogP contribution < -0.4 is 5.43 Å². The summed E-state index contributed by atoms with van der Waals surface area (Å²) in [4.78, 5) is 19.5. The van der Waals surface area contributed by atoms with Crippen molar-refractivity contribution < 1.29 is 4.79 Å². The molecule has 0 spiro atoms. The van der Waals surface area contributed by atoms with Gasteiger partial charge in [0.1, 0.15) is 0 Å². The molecule has 0 fully saturated rings. The van der Waals surface area contributed by atoms with Gasteiger partial charge in [-0.1, -0.05) is 6.07 Å². The standard InChI is InChI=1S/C12H9BrN4O/c13-11-4-10(7-15-8-11)12(18)17-16-6-9-2-1-3-14-5-9/h1-8H,(H,17,18)/b16-6-. The number of nitrogens with one attached hydrogen (secondary N) is 1. The van der Waals surface area contributed by atoms with Gasteiger partial charge in [0.25, 0.3) is 5.91 Å². The Morgan fingerprint density at radius 2 is 2.22 bits per heavy atom. The third kappa shape index (κ3) is 3.46. The summed E-state index contributed by atoms with van der Waals surface area (Å²) in [6, 6.07) is 5.30. The average Bonchev–Trinajstić information content (AvgIpc) is 2.40. The molecule has 0 aliphatic heterocycles. The SMILES string of the molecule is O=C(N/N=C\c1cccnc1)c1cncc(Br)c1. The molecule has 0 aliphatic carbocycles. The highest BCUT2D eigenvalue weighted by Crippen LogP contribution is 2.09. The molecular weight excluding hydrogens is 296 g/mol. The summed E-state index contributed by atoms with van der Waals surface area (Å²) in [5.41, 5.74) is 3.66. The van der Waals surface area contributed by atoms with Crippen LogP contribution >= 0.6 is 15.9 Å². The van der Waals surface area contributed by atoms with Gasteiger partial charge in [0.2, 0.25) is 0 Å². The van der Waals surface area contributed by atoms with Crippen molar-refractivity contribution in [3.05, 3.63) is 58.6 Å². The molecular formula is C12H9BrN4O. The van der Waals surface area contributed by atoms with E-state index in [0.29, 0.717) is 5.56 Å². The number of carbonyl (C=O) groups excluding carboxylic acids is 1. The van der Waals surface area contributed by atoms with Gasteiger partial charge in [0.05, 0.1) is 11.8 Å². The second-order valence-electron chi connectivity index (χ2n) is 3.38. The summed E-state index contributed by atoms with van der Waals surface area (Å²) < 4.78 is 0.742. The molecule has 0 radical (unpaired) electrons. The van der Waals surface area contributed by atoms with Gasteiger partial charge < -0.3 is 0 Å². The second-order valence-corrected chi connectivity index (χ2v) is 4.29. The summed E-state index contributed by atoms with van der Waals surface area (Å²) in [5.74, 6) is -0.316. The van der Waals surface area contributed by atoms with Gasteiger partial charge in [0, 0.05) is 34.8 Å². The minimum atomic E-state index is -0.316. The highest BCUT2D eigenvalue weighted by atomic mass is 79.9. The molecule has 0 aliphatic rings. The van der Waals surface area contributed by atoms with Gasteiger partial charge in [-0.05, 0) is 28.1 Å². The molecule has 5 nitrogen and oxygen atoms in total. The van der Waals surface area contributed by atoms with Gasteiger partial charge in [-0.15, -0.1) is 0 Å². The van der Waals surface area contributed by atoms with Crippen LogP contribution in [0.4, 0.5) is 0 Å². The summed E-state index contributed by atoms with van der Waals surface area (Å²) in [7, 11) is 0. The van der Waals surface area contributed by atoms with Gasteiger partial charge in [-0.3, -0.25) is 14.8 Å². The van der Waals surface area contributed by atoms with E-state index in [1.807, 2.05) is 6.07 Å². The van der Waals surface area contributed by atoms with Gasteiger partial charge in [0.15, 0.2) is 0 Å². The quantitative estimate of drug-likeness (QED) is 0.696. The molecule has 18 heavy (non-hydrogen) atoms. The molecule has 0 atom stereocenters. The predicted octanol–water partition coefficient (Wildman–Crippen LogP) is 2.00. The smallest absolute Gasteiger partial charge is 0.267 e. The third-order valence-electron chi connectivity index (χ3n) is 2.03. The topological polar surface area (TPSA) is 67.2 Å². The fourth-order valence-corrected chi connectivity index (χ4v) is 1.58. The lowest BCUT2D eigenvalue weighted by Crippen LogP contribution is -2.17. The number of amides is 1. The van der Waals surface area contributed by atoms with Gasteiger partial charge in [-0.2, -0.15) is 5.10 Å². The number of carbonyl (C=O) groups is 1. The fourth-order valence-electron chi connectivity index (χ4n) is 1.22. The van der Waals surface area contributed by atoms with E-state index in [1.165, 1.54) is 12.4 Å². The number of halogens is 1. The highest BCUT2D eigenvalue weighted by molar-refractivity contribution is 9.10. The number of hydrazone groups is 1. The largest absolute Gasteiger partial charge is 0.272 e. The second kappa shape index (κ2) is 6.02. The number of rotatable bonds is 3. The van der Waals surface area contributed by atoms with Crippen LogP contribution in [-0.2, 0) is 0 Å². The van der Waals surface area contributed by atoms with E-state index in [0.717, 1.165) is 10.0 Å². The van der Waals surface area contributed by atoms with E-state index in [2.05, 4.69) is 36.4 Å². The Bertz CT molecular complexity index is 571. The molecule has 2 heterocycles. The van der Waals surface area contributed by atoms with Crippen LogP contribution in [0.5, 0.6) is 0 Å². The number of pyridine rings is 2. The van der Waals surface area contributed by atoms with Crippen LogP contribution in [0.15, 0.2) is 52.6 Å². The number of hydrogen-bond acceptors (Lipinski definition) is 4. The first-order valence-electron chi connectivity index (χ1n) is 5.10. The van der Waals surface area contributed by atoms with Crippen molar-refractivity contribution in [3.8, 4) is 0 Å². The zero-order valence-corrected chi connectivity index (χ0v) is 10.8. The summed E-state index contributed by atoms with van der Waals surface area (Å²) in [6.45, 7) is 0. The molecule has 1 N–H and O–H groups in total. The number of hydrogen-bond donors (Lipinski definition) is 1. The molecule has 0 bridgehead atoms. The van der Waals surface area contributed by atoms with E-state index in [9.17, 15) is 4.79 Å². The maximum atomic E-state index is 11.7. The normalized spacial score (nSPS) is 10.5. The van der Waals surface area contributed by atoms with Crippen molar-refractivity contribution >= 4 is 28.1 Å². The lowest BCUT2D eigenvalue weighted by molar-refractivity contribution is 0.0954. The Hall–Kier alpha value is -2.08. The molecule has 2 rings (SSSR count). The summed E-state index contributed by atoms with van der Waals surface area (Å²) in [6.07, 6.45) is 7.92. The van der Waals surface area contributed by atoms with E-state index < -0.39 is 0 Å². The van der Waals surface area contributed by atoms with Crippen molar-refractivity contribution in [3.63, 3.8) is 0 Å². The van der Waals surface area contributed by atoms with Crippen molar-refractivity contribution in [2.75, 3.05) is 0 Å². The zero-order valence-electron chi connectivity index (χ0n) is 9.25. The van der Waals surface area contributed by atoms with Gasteiger partial charge >= 0.3 is 0 Å². The Morgan fingerprint density at radius 3 is 2.94 bits per heavy atom. The molecule has 6 heteroatoms. The maximum absolute atomic E-state index is 11.7. The van der Waals surface area contributed by atoms with Crippen LogP contribution in [0.2, 0.25) is 0 Å². The Labute approximate surface area is 112 Å². The minimum Gasteiger partial charge on any atom is -0.267 e. The lowest BCUT2D eigenvalue weighted by Gasteiger charge is -1.99. The number of nitrogens with zero attached hydrogens (tertiary/aromatic N) is 3. The van der Waals surface area contributed by atoms with E-state index in [4.69, 9.17) is 0 Å².